The molecule has 62 heavy (non-hydrogen) atoms. The quantitative estimate of drug-likeness (QED) is 0.151. The van der Waals surface area contributed by atoms with Gasteiger partial charge in [-0.3, -0.25) is 0 Å². The second-order valence-electron chi connectivity index (χ2n) is 16.1. The monoisotopic (exact) mass is 805 g/mol. The van der Waals surface area contributed by atoms with Crippen molar-refractivity contribution in [2.45, 2.75) is 0 Å². The molecule has 0 atom stereocenters. The molecular formula is C60H39NS. The van der Waals surface area contributed by atoms with E-state index in [9.17, 15) is 0 Å². The zero-order chi connectivity index (χ0) is 41.0. The highest BCUT2D eigenvalue weighted by atomic mass is 32.1. The van der Waals surface area contributed by atoms with Crippen molar-refractivity contribution in [1.29, 1.82) is 0 Å². The summed E-state index contributed by atoms with van der Waals surface area (Å²) in [5, 5.41) is 5.21. The van der Waals surface area contributed by atoms with Crippen LogP contribution in [-0.4, -0.2) is 4.57 Å². The van der Waals surface area contributed by atoms with E-state index in [0.29, 0.717) is 0 Å². The molecule has 0 N–H and O–H groups in total. The summed E-state index contributed by atoms with van der Waals surface area (Å²) < 4.78 is 5.06. The van der Waals surface area contributed by atoms with E-state index >= 15 is 0 Å². The van der Waals surface area contributed by atoms with Gasteiger partial charge in [-0.2, -0.15) is 0 Å². The average Bonchev–Trinajstić information content (AvgIpc) is 3.91. The highest BCUT2D eigenvalue weighted by molar-refractivity contribution is 7.26. The fourth-order valence-electron chi connectivity index (χ4n) is 9.33. The Labute approximate surface area is 365 Å². The first-order valence-electron chi connectivity index (χ1n) is 21.2. The van der Waals surface area contributed by atoms with Gasteiger partial charge in [0.1, 0.15) is 0 Å². The molecule has 10 aromatic carbocycles. The molecule has 1 nitrogen and oxygen atoms in total. The lowest BCUT2D eigenvalue weighted by molar-refractivity contribution is 1.18. The maximum atomic E-state index is 2.38. The molecule has 2 heteroatoms. The lowest BCUT2D eigenvalue weighted by Crippen LogP contribution is -1.94. The fourth-order valence-corrected chi connectivity index (χ4v) is 10.6. The molecule has 0 amide bonds. The summed E-state index contributed by atoms with van der Waals surface area (Å²) in [6.45, 7) is 0. The van der Waals surface area contributed by atoms with Gasteiger partial charge in [-0.25, -0.2) is 0 Å². The Morgan fingerprint density at radius 3 is 1.19 bits per heavy atom. The number of thiophene rings is 1. The minimum absolute atomic E-state index is 1.16. The van der Waals surface area contributed by atoms with Crippen LogP contribution in [-0.2, 0) is 0 Å². The Kier molecular flexibility index (Phi) is 8.76. The van der Waals surface area contributed by atoms with Crippen LogP contribution < -0.4 is 0 Å². The first kappa shape index (κ1) is 36.1. The van der Waals surface area contributed by atoms with E-state index in [2.05, 4.69) is 241 Å². The van der Waals surface area contributed by atoms with Gasteiger partial charge in [-0.1, -0.05) is 188 Å². The van der Waals surface area contributed by atoms with Gasteiger partial charge in [0.2, 0.25) is 0 Å². The minimum Gasteiger partial charge on any atom is -0.309 e. The molecule has 0 bridgehead atoms. The molecule has 0 aliphatic rings. The second-order valence-corrected chi connectivity index (χ2v) is 17.1. The van der Waals surface area contributed by atoms with Crippen LogP contribution in [0, 0.1) is 0 Å². The topological polar surface area (TPSA) is 4.93 Å². The molecule has 0 fully saturated rings. The number of hydrogen-bond donors (Lipinski definition) is 0. The van der Waals surface area contributed by atoms with Crippen molar-refractivity contribution in [2.24, 2.45) is 0 Å². The normalized spacial score (nSPS) is 11.5. The van der Waals surface area contributed by atoms with E-state index in [1.54, 1.807) is 0 Å². The molecular weight excluding hydrogens is 767 g/mol. The third-order valence-electron chi connectivity index (χ3n) is 12.4. The highest BCUT2D eigenvalue weighted by Crippen LogP contribution is 2.41. The van der Waals surface area contributed by atoms with E-state index in [0.717, 1.165) is 5.69 Å². The van der Waals surface area contributed by atoms with Crippen molar-refractivity contribution < 1.29 is 0 Å². The molecule has 12 aromatic rings. The van der Waals surface area contributed by atoms with E-state index in [1.807, 2.05) is 11.3 Å². The van der Waals surface area contributed by atoms with Gasteiger partial charge in [-0.05, 0) is 115 Å². The molecule has 0 saturated heterocycles. The van der Waals surface area contributed by atoms with Crippen LogP contribution >= 0.6 is 11.3 Å². The molecule has 0 radical (unpaired) electrons. The number of nitrogens with zero attached hydrogens (tertiary/aromatic N) is 1. The summed E-state index contributed by atoms with van der Waals surface area (Å²) >= 11 is 1.88. The molecule has 290 valence electrons. The van der Waals surface area contributed by atoms with Crippen molar-refractivity contribution in [2.75, 3.05) is 0 Å². The molecule has 2 heterocycles. The van der Waals surface area contributed by atoms with Gasteiger partial charge in [0.15, 0.2) is 0 Å². The van der Waals surface area contributed by atoms with Gasteiger partial charge in [0, 0.05) is 36.6 Å². The SMILES string of the molecule is c1cc(-c2ccc(-c3cccc(-c4cccc5c4sc4ccccc45)c3)cc2)cc(-c2cccc(-c3ccc(-c4cccc(-n5c6ccccc6c6ccccc65)c4)cc3)c2)c1. The summed E-state index contributed by atoms with van der Waals surface area (Å²) in [5.74, 6) is 0. The minimum atomic E-state index is 1.16. The molecule has 0 spiro atoms. The zero-order valence-corrected chi connectivity index (χ0v) is 34.7. The number of benzene rings is 10. The van der Waals surface area contributed by atoms with E-state index in [-0.39, 0.29) is 0 Å². The van der Waals surface area contributed by atoms with Crippen LogP contribution in [0.2, 0.25) is 0 Å². The lowest BCUT2D eigenvalue weighted by atomic mass is 9.94. The van der Waals surface area contributed by atoms with Crippen LogP contribution in [0.4, 0.5) is 0 Å². The standard InChI is InChI=1S/C60H39NS/c1-4-25-57-53(20-1)54-21-2-5-26-58(54)61(57)51-19-10-17-49(39-51)43-34-32-41(33-35-43)45-13-8-16-48(37-45)47-15-7-12-44(36-47)40-28-30-42(31-29-40)46-14-9-18-50(38-46)52-23-11-24-56-55-22-3-6-27-59(55)62-60(52)56/h1-39H. The van der Waals surface area contributed by atoms with Crippen LogP contribution in [0.1, 0.15) is 0 Å². The second kappa shape index (κ2) is 15.0. The van der Waals surface area contributed by atoms with Crippen LogP contribution in [0.3, 0.4) is 0 Å². The molecule has 0 unspecified atom stereocenters. The Hall–Kier alpha value is -7.78. The van der Waals surface area contributed by atoms with Gasteiger partial charge in [0.25, 0.3) is 0 Å². The molecule has 0 aliphatic heterocycles. The molecule has 2 aromatic heterocycles. The maximum Gasteiger partial charge on any atom is 0.0541 e. The van der Waals surface area contributed by atoms with Crippen molar-refractivity contribution in [3.63, 3.8) is 0 Å². The summed E-state index contributed by atoms with van der Waals surface area (Å²) in [4.78, 5) is 0. The largest absolute Gasteiger partial charge is 0.309 e. The molecule has 12 rings (SSSR count). The number of rotatable bonds is 7. The van der Waals surface area contributed by atoms with Gasteiger partial charge in [0.05, 0.1) is 11.0 Å². The fraction of sp³-hybridized carbons (Fsp3) is 0. The zero-order valence-electron chi connectivity index (χ0n) is 33.9. The third-order valence-corrected chi connectivity index (χ3v) is 13.6. The number of aromatic nitrogens is 1. The van der Waals surface area contributed by atoms with Crippen molar-refractivity contribution in [3.05, 3.63) is 237 Å². The number of para-hydroxylation sites is 2. The first-order valence-corrected chi connectivity index (χ1v) is 22.0. The Bertz CT molecular complexity index is 3570. The predicted molar refractivity (Wildman–Crippen MR) is 266 cm³/mol. The lowest BCUT2D eigenvalue weighted by Gasteiger charge is -2.11. The Balaban J connectivity index is 0.794. The van der Waals surface area contributed by atoms with Gasteiger partial charge < -0.3 is 4.57 Å². The smallest absolute Gasteiger partial charge is 0.0541 e. The van der Waals surface area contributed by atoms with E-state index < -0.39 is 0 Å². The van der Waals surface area contributed by atoms with Crippen LogP contribution in [0.5, 0.6) is 0 Å². The van der Waals surface area contributed by atoms with Crippen molar-refractivity contribution in [1.82, 2.24) is 4.57 Å². The summed E-state index contributed by atoms with van der Waals surface area (Å²) in [6.07, 6.45) is 0. The number of hydrogen-bond acceptors (Lipinski definition) is 1. The predicted octanol–water partition coefficient (Wildman–Crippen LogP) is 17.2. The summed E-state index contributed by atoms with van der Waals surface area (Å²) in [5.41, 5.74) is 18.2. The van der Waals surface area contributed by atoms with Crippen LogP contribution in [0.15, 0.2) is 237 Å². The Morgan fingerprint density at radius 2 is 0.645 bits per heavy atom. The summed E-state index contributed by atoms with van der Waals surface area (Å²) in [7, 11) is 0. The van der Waals surface area contributed by atoms with Crippen molar-refractivity contribution >= 4 is 53.3 Å². The van der Waals surface area contributed by atoms with E-state index in [1.165, 1.54) is 109 Å². The average molecular weight is 806 g/mol. The highest BCUT2D eigenvalue weighted by Gasteiger charge is 2.14. The summed E-state index contributed by atoms with van der Waals surface area (Å²) in [6, 6.07) is 86.5. The first-order chi connectivity index (χ1) is 30.7. The number of fused-ring (bicyclic) bond motifs is 6. The third kappa shape index (κ3) is 6.32. The van der Waals surface area contributed by atoms with Gasteiger partial charge >= 0.3 is 0 Å². The van der Waals surface area contributed by atoms with E-state index in [4.69, 9.17) is 0 Å². The van der Waals surface area contributed by atoms with Crippen molar-refractivity contribution in [3.8, 4) is 72.4 Å². The van der Waals surface area contributed by atoms with Crippen LogP contribution in [0.25, 0.3) is 114 Å². The maximum absolute atomic E-state index is 2.38. The Morgan fingerprint density at radius 1 is 0.258 bits per heavy atom. The molecule has 0 aliphatic carbocycles. The van der Waals surface area contributed by atoms with Gasteiger partial charge in [-0.15, -0.1) is 11.3 Å². The molecule has 0 saturated carbocycles.